The third-order valence-electron chi connectivity index (χ3n) is 4.17. The van der Waals surface area contributed by atoms with Crippen molar-refractivity contribution in [2.45, 2.75) is 18.7 Å². The zero-order valence-electron chi connectivity index (χ0n) is 15.0. The number of ether oxygens (including phenoxy) is 2. The van der Waals surface area contributed by atoms with E-state index in [9.17, 15) is 27.2 Å². The van der Waals surface area contributed by atoms with E-state index < -0.39 is 41.8 Å². The number of benzene rings is 2. The topological polar surface area (TPSA) is 55.8 Å². The van der Waals surface area contributed by atoms with Gasteiger partial charge in [-0.1, -0.05) is 18.2 Å². The number of halogens is 4. The third kappa shape index (κ3) is 5.35. The molecule has 0 aliphatic carbocycles. The molecule has 1 aliphatic rings. The van der Waals surface area contributed by atoms with Crippen LogP contribution in [0.1, 0.15) is 11.1 Å². The summed E-state index contributed by atoms with van der Waals surface area (Å²) in [5.74, 6) is -2.70. The fourth-order valence-electron chi connectivity index (χ4n) is 2.80. The summed E-state index contributed by atoms with van der Waals surface area (Å²) in [6, 6.07) is 9.67. The van der Waals surface area contributed by atoms with Gasteiger partial charge in [0.2, 0.25) is 0 Å². The van der Waals surface area contributed by atoms with Crippen LogP contribution in [0.15, 0.2) is 42.5 Å². The molecule has 0 aromatic heterocycles. The molecule has 1 radical (unpaired) electrons. The van der Waals surface area contributed by atoms with E-state index in [4.69, 9.17) is 9.47 Å². The number of hydrogen-bond donors (Lipinski definition) is 0. The second-order valence-corrected chi connectivity index (χ2v) is 6.40. The zero-order valence-corrected chi connectivity index (χ0v) is 15.0. The molecular weight excluding hydrogens is 393 g/mol. The van der Waals surface area contributed by atoms with Crippen LogP contribution in [0, 0.1) is 5.82 Å². The van der Waals surface area contributed by atoms with Crippen molar-refractivity contribution < 1.29 is 36.6 Å². The van der Waals surface area contributed by atoms with Crippen LogP contribution in [0.3, 0.4) is 0 Å². The lowest BCUT2D eigenvalue weighted by atomic mass is 9.89. The number of carbonyl (C=O) groups is 2. The van der Waals surface area contributed by atoms with Gasteiger partial charge in [0.05, 0.1) is 18.2 Å². The van der Waals surface area contributed by atoms with Crippen molar-refractivity contribution in [1.29, 1.82) is 0 Å². The highest BCUT2D eigenvalue weighted by atomic mass is 19.4. The average Bonchev–Trinajstić information content (AvgIpc) is 2.62. The van der Waals surface area contributed by atoms with E-state index in [0.29, 0.717) is 12.3 Å². The monoisotopic (exact) mass is 408 g/mol. The molecule has 1 saturated heterocycles. The lowest BCUT2D eigenvalue weighted by Crippen LogP contribution is -2.55. The minimum absolute atomic E-state index is 0.0923. The van der Waals surface area contributed by atoms with Gasteiger partial charge in [-0.3, -0.25) is 4.79 Å². The van der Waals surface area contributed by atoms with Crippen LogP contribution in [0.25, 0.3) is 0 Å². The van der Waals surface area contributed by atoms with Crippen molar-refractivity contribution in [3.05, 3.63) is 59.4 Å². The average molecular weight is 408 g/mol. The maximum atomic E-state index is 14.4. The lowest BCUT2D eigenvalue weighted by Gasteiger charge is -2.38. The van der Waals surface area contributed by atoms with Crippen molar-refractivity contribution >= 4 is 19.6 Å². The van der Waals surface area contributed by atoms with Gasteiger partial charge >= 0.3 is 12.1 Å². The molecule has 10 heteroatoms. The molecule has 0 bridgehead atoms. The van der Waals surface area contributed by atoms with Crippen LogP contribution in [0.2, 0.25) is 0 Å². The zero-order chi connectivity index (χ0) is 21.0. The molecule has 0 atom stereocenters. The van der Waals surface area contributed by atoms with E-state index in [0.717, 1.165) is 6.07 Å². The van der Waals surface area contributed by atoms with Gasteiger partial charge in [0.25, 0.3) is 7.41 Å². The molecule has 29 heavy (non-hydrogen) atoms. The first-order chi connectivity index (χ1) is 13.8. The summed E-state index contributed by atoms with van der Waals surface area (Å²) >= 11 is 0. The minimum atomic E-state index is -4.96. The summed E-state index contributed by atoms with van der Waals surface area (Å²) in [4.78, 5) is 24.0. The van der Waals surface area contributed by atoms with E-state index in [1.54, 1.807) is 23.0 Å². The molecule has 3 rings (SSSR count). The summed E-state index contributed by atoms with van der Waals surface area (Å²) in [5, 5.41) is 0. The molecule has 151 valence electrons. The fraction of sp³-hybridized carbons (Fsp3) is 0.263. The predicted octanol–water partition coefficient (Wildman–Crippen LogP) is 2.87. The number of alkyl halides is 3. The maximum Gasteiger partial charge on any atom is 0.419 e. The lowest BCUT2D eigenvalue weighted by molar-refractivity contribution is -0.140. The molecule has 0 amide bonds. The molecule has 0 saturated carbocycles. The summed E-state index contributed by atoms with van der Waals surface area (Å²) in [6.07, 6.45) is -5.46. The fourth-order valence-corrected chi connectivity index (χ4v) is 2.80. The van der Waals surface area contributed by atoms with E-state index >= 15 is 0 Å². The van der Waals surface area contributed by atoms with Crippen LogP contribution in [-0.4, -0.2) is 43.6 Å². The molecule has 1 aliphatic heterocycles. The molecule has 0 unspecified atom stereocenters. The summed E-state index contributed by atoms with van der Waals surface area (Å²) in [7, 11) is 1.26. The first kappa shape index (κ1) is 20.8. The first-order valence-corrected chi connectivity index (χ1v) is 8.61. The van der Waals surface area contributed by atoms with Gasteiger partial charge in [0, 0.05) is 13.1 Å². The van der Waals surface area contributed by atoms with Crippen molar-refractivity contribution in [1.82, 2.24) is 4.81 Å². The van der Waals surface area contributed by atoms with Gasteiger partial charge in [-0.2, -0.15) is 13.2 Å². The Labute approximate surface area is 164 Å². The number of esters is 1. The van der Waals surface area contributed by atoms with Gasteiger partial charge in [0.1, 0.15) is 11.9 Å². The third-order valence-corrected chi connectivity index (χ3v) is 4.17. The van der Waals surface area contributed by atoms with Crippen LogP contribution in [-0.2, 0) is 22.2 Å². The van der Waals surface area contributed by atoms with Crippen LogP contribution >= 0.6 is 0 Å². The Morgan fingerprint density at radius 1 is 1.21 bits per heavy atom. The van der Waals surface area contributed by atoms with Gasteiger partial charge in [-0.15, -0.1) is 0 Å². The smallest absolute Gasteiger partial charge is 0.419 e. The second-order valence-electron chi connectivity index (χ2n) is 6.40. The van der Waals surface area contributed by atoms with Gasteiger partial charge < -0.3 is 19.1 Å². The van der Waals surface area contributed by atoms with Crippen LogP contribution in [0.4, 0.5) is 17.6 Å². The largest absolute Gasteiger partial charge is 0.485 e. The van der Waals surface area contributed by atoms with Crippen molar-refractivity contribution in [2.75, 3.05) is 13.1 Å². The quantitative estimate of drug-likeness (QED) is 0.232. The molecule has 2 aromatic carbocycles. The first-order valence-electron chi connectivity index (χ1n) is 8.61. The normalized spacial score (nSPS) is 14.8. The number of carbonyl (C=O) groups excluding carboxylic acids is 2. The Kier molecular flexibility index (Phi) is 6.22. The van der Waals surface area contributed by atoms with Gasteiger partial charge in [0.15, 0.2) is 11.6 Å². The van der Waals surface area contributed by atoms with E-state index in [1.165, 1.54) is 19.5 Å². The predicted molar refractivity (Wildman–Crippen MR) is 95.7 cm³/mol. The standard InChI is InChI=1S/C19H15BF4NO4/c21-18-15(19(22,23)24)6-12(8-17(27)29-13-4-2-1-3-5-13)7-16(18)28-14-9-25(10-14)20-11-26/h1-7,11,14H,8-10H2. The van der Waals surface area contributed by atoms with Crippen molar-refractivity contribution in [2.24, 2.45) is 0 Å². The minimum Gasteiger partial charge on any atom is -0.485 e. The Balaban J connectivity index is 1.77. The highest BCUT2D eigenvalue weighted by molar-refractivity contribution is 6.64. The number of hydrogen-bond acceptors (Lipinski definition) is 5. The highest BCUT2D eigenvalue weighted by Gasteiger charge is 2.37. The number of para-hydroxylation sites is 1. The Hall–Kier alpha value is -2.88. The summed E-state index contributed by atoms with van der Waals surface area (Å²) < 4.78 is 64.4. The molecule has 5 nitrogen and oxygen atoms in total. The van der Waals surface area contributed by atoms with Crippen LogP contribution in [0.5, 0.6) is 11.5 Å². The molecule has 0 spiro atoms. The molecule has 2 aromatic rings. The van der Waals surface area contributed by atoms with E-state index in [1.807, 2.05) is 0 Å². The van der Waals surface area contributed by atoms with Crippen LogP contribution < -0.4 is 9.47 Å². The molecule has 1 heterocycles. The Morgan fingerprint density at radius 2 is 1.90 bits per heavy atom. The number of rotatable bonds is 7. The van der Waals surface area contributed by atoms with Gasteiger partial charge in [-0.25, -0.2) is 4.39 Å². The SMILES string of the molecule is O=C[B]N1CC(Oc2cc(CC(=O)Oc3ccccc3)cc(C(F)(F)F)c2F)C1. The highest BCUT2D eigenvalue weighted by Crippen LogP contribution is 2.37. The number of nitrogens with zero attached hydrogens (tertiary/aromatic N) is 1. The summed E-state index contributed by atoms with van der Waals surface area (Å²) in [5.41, 5.74) is -1.61. The molecular formula is C19H15BF4NO4. The second kappa shape index (κ2) is 8.65. The Morgan fingerprint density at radius 3 is 2.52 bits per heavy atom. The summed E-state index contributed by atoms with van der Waals surface area (Å²) in [6.45, 7) is 0.472. The van der Waals surface area contributed by atoms with Gasteiger partial charge in [-0.05, 0) is 29.8 Å². The van der Waals surface area contributed by atoms with Crippen molar-refractivity contribution in [3.8, 4) is 11.5 Å². The Bertz CT molecular complexity index is 886. The molecule has 1 fully saturated rings. The molecule has 0 N–H and O–H groups in total. The van der Waals surface area contributed by atoms with E-state index in [2.05, 4.69) is 0 Å². The van der Waals surface area contributed by atoms with Crippen molar-refractivity contribution in [3.63, 3.8) is 0 Å². The van der Waals surface area contributed by atoms with E-state index in [-0.39, 0.29) is 24.4 Å². The maximum absolute atomic E-state index is 14.4.